The van der Waals surface area contributed by atoms with Crippen LogP contribution in [0.25, 0.3) is 22.6 Å². The zero-order valence-electron chi connectivity index (χ0n) is 17.4. The molecule has 0 radical (unpaired) electrons. The van der Waals surface area contributed by atoms with Crippen LogP contribution < -0.4 is 15.4 Å². The molecule has 162 valence electrons. The zero-order chi connectivity index (χ0) is 22.7. The van der Waals surface area contributed by atoms with E-state index in [1.54, 1.807) is 19.2 Å². The number of rotatable bonds is 5. The molecule has 8 heteroatoms. The zero-order valence-corrected chi connectivity index (χ0v) is 19.0. The first-order valence-electron chi connectivity index (χ1n) is 9.82. The van der Waals surface area contributed by atoms with Crippen LogP contribution in [0.4, 0.5) is 5.69 Å². The Labute approximate surface area is 195 Å². The molecule has 0 saturated heterocycles. The van der Waals surface area contributed by atoms with Crippen LogP contribution in [-0.4, -0.2) is 23.1 Å². The molecule has 1 aromatic heterocycles. The number of ether oxygens (including phenoxy) is 1. The van der Waals surface area contributed by atoms with Gasteiger partial charge in [0.1, 0.15) is 11.3 Å². The first-order chi connectivity index (χ1) is 15.4. The molecule has 0 aliphatic carbocycles. The van der Waals surface area contributed by atoms with E-state index in [1.807, 2.05) is 55.5 Å². The second-order valence-corrected chi connectivity index (χ2v) is 8.03. The van der Waals surface area contributed by atoms with Gasteiger partial charge in [-0.05, 0) is 66.7 Å². The smallest absolute Gasteiger partial charge is 0.230 e. The van der Waals surface area contributed by atoms with Crippen LogP contribution in [-0.2, 0) is 11.2 Å². The molecule has 0 aliphatic rings. The summed E-state index contributed by atoms with van der Waals surface area (Å²) in [6.45, 7) is 1.95. The number of fused-ring (bicyclic) bond motifs is 1. The summed E-state index contributed by atoms with van der Waals surface area (Å²) >= 11 is 11.2. The summed E-state index contributed by atoms with van der Waals surface area (Å²) in [5.74, 6) is 0.976. The third-order valence-corrected chi connectivity index (χ3v) is 5.31. The molecule has 0 atom stereocenters. The van der Waals surface area contributed by atoms with Crippen molar-refractivity contribution in [1.29, 1.82) is 0 Å². The van der Waals surface area contributed by atoms with Crippen molar-refractivity contribution in [1.82, 2.24) is 10.3 Å². The highest BCUT2D eigenvalue weighted by molar-refractivity contribution is 7.80. The highest BCUT2D eigenvalue weighted by Gasteiger charge is 2.12. The van der Waals surface area contributed by atoms with Crippen molar-refractivity contribution in [2.75, 3.05) is 12.4 Å². The van der Waals surface area contributed by atoms with Gasteiger partial charge < -0.3 is 19.8 Å². The summed E-state index contributed by atoms with van der Waals surface area (Å²) in [7, 11) is 1.61. The van der Waals surface area contributed by atoms with E-state index in [1.165, 1.54) is 0 Å². The summed E-state index contributed by atoms with van der Waals surface area (Å²) in [4.78, 5) is 16.9. The van der Waals surface area contributed by atoms with Crippen molar-refractivity contribution in [3.63, 3.8) is 0 Å². The molecule has 4 rings (SSSR count). The van der Waals surface area contributed by atoms with Gasteiger partial charge in [0, 0.05) is 22.3 Å². The predicted molar refractivity (Wildman–Crippen MR) is 130 cm³/mol. The van der Waals surface area contributed by atoms with Crippen LogP contribution >= 0.6 is 23.8 Å². The van der Waals surface area contributed by atoms with Gasteiger partial charge in [0.05, 0.1) is 13.5 Å². The van der Waals surface area contributed by atoms with Crippen molar-refractivity contribution >= 4 is 51.6 Å². The van der Waals surface area contributed by atoms with Gasteiger partial charge in [0.25, 0.3) is 0 Å². The van der Waals surface area contributed by atoms with Crippen molar-refractivity contribution in [3.8, 4) is 17.2 Å². The second kappa shape index (κ2) is 9.38. The Morgan fingerprint density at radius 2 is 1.91 bits per heavy atom. The lowest BCUT2D eigenvalue weighted by Crippen LogP contribution is -2.35. The van der Waals surface area contributed by atoms with Crippen LogP contribution in [0.3, 0.4) is 0 Å². The molecule has 0 spiro atoms. The number of hydrogen-bond acceptors (Lipinski definition) is 5. The van der Waals surface area contributed by atoms with E-state index in [9.17, 15) is 4.79 Å². The normalized spacial score (nSPS) is 10.7. The van der Waals surface area contributed by atoms with Gasteiger partial charge in [-0.1, -0.05) is 29.8 Å². The number of benzene rings is 3. The molecule has 1 heterocycles. The molecule has 2 N–H and O–H groups in total. The first-order valence-corrected chi connectivity index (χ1v) is 10.6. The number of oxazole rings is 1. The van der Waals surface area contributed by atoms with Crippen LogP contribution in [0.5, 0.6) is 5.75 Å². The van der Waals surface area contributed by atoms with Gasteiger partial charge in [-0.2, -0.15) is 0 Å². The van der Waals surface area contributed by atoms with E-state index in [2.05, 4.69) is 15.6 Å². The van der Waals surface area contributed by atoms with E-state index in [0.29, 0.717) is 27.8 Å². The Kier molecular flexibility index (Phi) is 6.39. The minimum atomic E-state index is -0.216. The topological polar surface area (TPSA) is 76.4 Å². The summed E-state index contributed by atoms with van der Waals surface area (Å²) in [5, 5.41) is 6.63. The third kappa shape index (κ3) is 5.07. The lowest BCUT2D eigenvalue weighted by molar-refractivity contribution is -0.119. The van der Waals surface area contributed by atoms with Gasteiger partial charge in [-0.15, -0.1) is 0 Å². The number of aromatic nitrogens is 1. The van der Waals surface area contributed by atoms with Crippen molar-refractivity contribution in [2.24, 2.45) is 0 Å². The minimum Gasteiger partial charge on any atom is -0.497 e. The molecule has 0 aliphatic heterocycles. The summed E-state index contributed by atoms with van der Waals surface area (Å²) in [6.07, 6.45) is 0.199. The number of thiocarbonyl (C=S) groups is 1. The van der Waals surface area contributed by atoms with Gasteiger partial charge >= 0.3 is 0 Å². The fourth-order valence-electron chi connectivity index (χ4n) is 3.16. The molecular formula is C24H20ClN3O3S. The van der Waals surface area contributed by atoms with Crippen molar-refractivity contribution in [3.05, 3.63) is 76.8 Å². The Balaban J connectivity index is 1.47. The Morgan fingerprint density at radius 3 is 2.66 bits per heavy atom. The number of methoxy groups -OCH3 is 1. The average molecular weight is 466 g/mol. The Hall–Kier alpha value is -3.42. The molecular weight excluding hydrogens is 446 g/mol. The number of anilines is 1. The number of nitrogens with one attached hydrogen (secondary N) is 2. The number of carbonyl (C=O) groups excluding carboxylic acids is 1. The number of aryl methyl sites for hydroxylation is 1. The predicted octanol–water partition coefficient (Wildman–Crippen LogP) is 5.52. The fourth-order valence-corrected chi connectivity index (χ4v) is 3.51. The Bertz CT molecular complexity index is 1300. The molecule has 0 bridgehead atoms. The largest absolute Gasteiger partial charge is 0.497 e. The number of hydrogen-bond donors (Lipinski definition) is 2. The van der Waals surface area contributed by atoms with Crippen LogP contribution in [0, 0.1) is 6.92 Å². The van der Waals surface area contributed by atoms with Gasteiger partial charge in [-0.25, -0.2) is 4.98 Å². The summed E-state index contributed by atoms with van der Waals surface area (Å²) in [5.41, 5.74) is 4.71. The molecule has 1 amide bonds. The maximum Gasteiger partial charge on any atom is 0.230 e. The third-order valence-electron chi connectivity index (χ3n) is 4.86. The molecule has 0 fully saturated rings. The lowest BCUT2D eigenvalue weighted by Gasteiger charge is -2.12. The molecule has 4 aromatic rings. The highest BCUT2D eigenvalue weighted by atomic mass is 35.5. The maximum atomic E-state index is 12.3. The second-order valence-electron chi connectivity index (χ2n) is 7.19. The van der Waals surface area contributed by atoms with E-state index in [-0.39, 0.29) is 17.4 Å². The monoisotopic (exact) mass is 465 g/mol. The summed E-state index contributed by atoms with van der Waals surface area (Å²) < 4.78 is 11.1. The number of halogens is 1. The quantitative estimate of drug-likeness (QED) is 0.378. The summed E-state index contributed by atoms with van der Waals surface area (Å²) in [6, 6.07) is 18.3. The standard InChI is InChI=1S/C24H20ClN3O3S/c1-14-3-6-16(23-26-20-13-18(30-2)9-10-21(20)31-23)12-19(14)27-24(32)28-22(29)11-15-4-7-17(25)8-5-15/h3-10,12-13H,11H2,1-2H3,(H2,27,28,29,32). The van der Waals surface area contributed by atoms with Crippen molar-refractivity contribution in [2.45, 2.75) is 13.3 Å². The van der Waals surface area contributed by atoms with Crippen molar-refractivity contribution < 1.29 is 13.9 Å². The van der Waals surface area contributed by atoms with E-state index >= 15 is 0 Å². The Morgan fingerprint density at radius 1 is 1.12 bits per heavy atom. The fraction of sp³-hybridized carbons (Fsp3) is 0.125. The van der Waals surface area contributed by atoms with Gasteiger partial charge in [0.2, 0.25) is 11.8 Å². The molecule has 0 unspecified atom stereocenters. The molecule has 0 saturated carbocycles. The first kappa shape index (κ1) is 21.8. The highest BCUT2D eigenvalue weighted by Crippen LogP contribution is 2.29. The van der Waals surface area contributed by atoms with Gasteiger partial charge in [0.15, 0.2) is 10.7 Å². The van der Waals surface area contributed by atoms with Crippen LogP contribution in [0.1, 0.15) is 11.1 Å². The van der Waals surface area contributed by atoms with Gasteiger partial charge in [-0.3, -0.25) is 4.79 Å². The maximum absolute atomic E-state index is 12.3. The van der Waals surface area contributed by atoms with E-state index in [4.69, 9.17) is 33.0 Å². The number of carbonyl (C=O) groups is 1. The van der Waals surface area contributed by atoms with Crippen LogP contribution in [0.15, 0.2) is 65.1 Å². The minimum absolute atomic E-state index is 0.199. The van der Waals surface area contributed by atoms with E-state index < -0.39 is 0 Å². The number of nitrogens with zero attached hydrogens (tertiary/aromatic N) is 1. The average Bonchev–Trinajstić information content (AvgIpc) is 3.20. The SMILES string of the molecule is COc1ccc2oc(-c3ccc(C)c(NC(=S)NC(=O)Cc4ccc(Cl)cc4)c3)nc2c1. The molecule has 6 nitrogen and oxygen atoms in total. The molecule has 32 heavy (non-hydrogen) atoms. The van der Waals surface area contributed by atoms with Crippen LogP contribution in [0.2, 0.25) is 5.02 Å². The van der Waals surface area contributed by atoms with E-state index in [0.717, 1.165) is 22.4 Å². The molecule has 3 aromatic carbocycles. The number of amides is 1. The lowest BCUT2D eigenvalue weighted by atomic mass is 10.1.